The summed E-state index contributed by atoms with van der Waals surface area (Å²) in [5.41, 5.74) is 6.06. The summed E-state index contributed by atoms with van der Waals surface area (Å²) in [6.45, 7) is 0. The van der Waals surface area contributed by atoms with Gasteiger partial charge in [0.25, 0.3) is 0 Å². The lowest BCUT2D eigenvalue weighted by molar-refractivity contribution is 0.670. The largest absolute Gasteiger partial charge is 0.455 e. The maximum atomic E-state index is 9.20. The quantitative estimate of drug-likeness (QED) is 0.180. The van der Waals surface area contributed by atoms with Gasteiger partial charge in [0.1, 0.15) is 11.2 Å². The average molecular weight is 697 g/mol. The van der Waals surface area contributed by atoms with Gasteiger partial charge in [-0.3, -0.25) is 0 Å². The molecule has 0 saturated heterocycles. The summed E-state index contributed by atoms with van der Waals surface area (Å²) in [6, 6.07) is 45.4. The second kappa shape index (κ2) is 12.1. The SMILES string of the molecule is [2H]c1cc([2H])c2c(c1[2H])c1c([2H])c([2H])cc([2H])c1n2-c1ccc(-c2nc(-c3ccccc3)nc(-c3ccc4ccccc4c3)n2)cc1-c1cccc2c1oc1ccccc12. The van der Waals surface area contributed by atoms with E-state index in [-0.39, 0.29) is 58.1 Å². The summed E-state index contributed by atoms with van der Waals surface area (Å²) in [6.07, 6.45) is 0. The average Bonchev–Trinajstić information content (AvgIpc) is 3.85. The Morgan fingerprint density at radius 1 is 0.444 bits per heavy atom. The molecule has 0 N–H and O–H groups in total. The number of benzene rings is 8. The molecule has 5 nitrogen and oxygen atoms in total. The number of fused-ring (bicyclic) bond motifs is 7. The molecule has 0 aliphatic rings. The van der Waals surface area contributed by atoms with Crippen LogP contribution in [0.3, 0.4) is 0 Å². The van der Waals surface area contributed by atoms with E-state index in [9.17, 15) is 2.74 Å². The third kappa shape index (κ3) is 4.83. The molecule has 8 aromatic carbocycles. The van der Waals surface area contributed by atoms with Gasteiger partial charge < -0.3 is 8.98 Å². The molecule has 54 heavy (non-hydrogen) atoms. The molecule has 0 aliphatic heterocycles. The van der Waals surface area contributed by atoms with E-state index in [4.69, 9.17) is 24.9 Å². The zero-order chi connectivity index (χ0) is 40.8. The zero-order valence-electron chi connectivity index (χ0n) is 34.6. The van der Waals surface area contributed by atoms with Crippen LogP contribution in [0.1, 0.15) is 8.22 Å². The van der Waals surface area contributed by atoms with Crippen LogP contribution in [0.5, 0.6) is 0 Å². The van der Waals surface area contributed by atoms with Gasteiger partial charge in [-0.2, -0.15) is 0 Å². The molecule has 0 radical (unpaired) electrons. The number of rotatable bonds is 5. The fraction of sp³-hybridized carbons (Fsp3) is 0. The monoisotopic (exact) mass is 696 g/mol. The lowest BCUT2D eigenvalue weighted by Crippen LogP contribution is -2.02. The number of hydrogen-bond donors (Lipinski definition) is 0. The summed E-state index contributed by atoms with van der Waals surface area (Å²) in [5, 5.41) is 4.35. The Morgan fingerprint density at radius 2 is 1.07 bits per heavy atom. The Morgan fingerprint density at radius 3 is 1.85 bits per heavy atom. The van der Waals surface area contributed by atoms with Crippen LogP contribution >= 0.6 is 0 Å². The van der Waals surface area contributed by atoms with Crippen molar-refractivity contribution in [2.24, 2.45) is 0 Å². The van der Waals surface area contributed by atoms with Crippen LogP contribution < -0.4 is 0 Å². The highest BCUT2D eigenvalue weighted by atomic mass is 16.3. The maximum absolute atomic E-state index is 9.20. The van der Waals surface area contributed by atoms with Crippen molar-refractivity contribution in [2.75, 3.05) is 0 Å². The molecule has 0 unspecified atom stereocenters. The summed E-state index contributed by atoms with van der Waals surface area (Å²) in [5.74, 6) is 1.41. The minimum Gasteiger partial charge on any atom is -0.455 e. The maximum Gasteiger partial charge on any atom is 0.164 e. The van der Waals surface area contributed by atoms with Crippen molar-refractivity contribution in [3.8, 4) is 51.0 Å². The molecule has 0 amide bonds. The molecule has 0 atom stereocenters. The van der Waals surface area contributed by atoms with Gasteiger partial charge >= 0.3 is 0 Å². The predicted molar refractivity (Wildman–Crippen MR) is 221 cm³/mol. The second-order valence-corrected chi connectivity index (χ2v) is 13.1. The van der Waals surface area contributed by atoms with Crippen LogP contribution in [0.25, 0.3) is 105 Å². The highest BCUT2D eigenvalue weighted by Crippen LogP contribution is 2.42. The Hall–Kier alpha value is -7.37. The van der Waals surface area contributed by atoms with Gasteiger partial charge in [-0.25, -0.2) is 15.0 Å². The highest BCUT2D eigenvalue weighted by molar-refractivity contribution is 6.12. The Balaban J connectivity index is 1.24. The molecule has 3 aromatic heterocycles. The van der Waals surface area contributed by atoms with Crippen molar-refractivity contribution in [3.05, 3.63) is 182 Å². The van der Waals surface area contributed by atoms with E-state index in [2.05, 4.69) is 24.3 Å². The number of furan rings is 1. The summed E-state index contributed by atoms with van der Waals surface area (Å²) < 4.78 is 61.9. The first-order valence-corrected chi connectivity index (χ1v) is 17.6. The number of aromatic nitrogens is 4. The lowest BCUT2D eigenvalue weighted by atomic mass is 9.97. The smallest absolute Gasteiger partial charge is 0.164 e. The molecule has 0 bridgehead atoms. The van der Waals surface area contributed by atoms with Crippen molar-refractivity contribution >= 4 is 54.5 Å². The van der Waals surface area contributed by atoms with Gasteiger partial charge in [0.05, 0.1) is 24.9 Å². The molecule has 0 fully saturated rings. The van der Waals surface area contributed by atoms with Crippen LogP contribution in [0, 0.1) is 0 Å². The van der Waals surface area contributed by atoms with Crippen LogP contribution in [0.4, 0.5) is 0 Å². The molecule has 252 valence electrons. The Bertz CT molecular complexity index is 3510. The van der Waals surface area contributed by atoms with Gasteiger partial charge in [0.15, 0.2) is 17.5 Å². The number of nitrogens with zero attached hydrogens (tertiary/aromatic N) is 4. The standard InChI is InChI=1S/C49H30N4O/c1-2-14-32(15-3-1)47-50-48(34-26-25-31-13-4-5-16-33(31)29-34)52-49(51-47)35-27-28-44(53-42-22-9-6-17-36(42)37-18-7-10-23-43(37)53)41(30-35)40-21-12-20-39-38-19-8-11-24-45(38)54-46(39)40/h1-30H/i6D,7D,17D,18D,22D,23D. The molecule has 11 aromatic rings. The van der Waals surface area contributed by atoms with Crippen LogP contribution in [0.15, 0.2) is 186 Å². The third-order valence-electron chi connectivity index (χ3n) is 9.99. The van der Waals surface area contributed by atoms with Crippen molar-refractivity contribution in [1.29, 1.82) is 0 Å². The topological polar surface area (TPSA) is 56.7 Å². The van der Waals surface area contributed by atoms with Crippen molar-refractivity contribution < 1.29 is 12.6 Å². The Labute approximate surface area is 318 Å². The Kier molecular flexibility index (Phi) is 5.55. The molecule has 5 heteroatoms. The normalized spacial score (nSPS) is 13.3. The van der Waals surface area contributed by atoms with Crippen LogP contribution in [-0.4, -0.2) is 19.5 Å². The first kappa shape index (κ1) is 24.8. The summed E-state index contributed by atoms with van der Waals surface area (Å²) in [4.78, 5) is 15.1. The van der Waals surface area contributed by atoms with Crippen molar-refractivity contribution in [3.63, 3.8) is 0 Å². The predicted octanol–water partition coefficient (Wildman–Crippen LogP) is 12.7. The molecular formula is C49H30N4O. The molecule has 3 heterocycles. The number of para-hydroxylation sites is 4. The van der Waals surface area contributed by atoms with Gasteiger partial charge in [-0.1, -0.05) is 139 Å². The first-order valence-electron chi connectivity index (χ1n) is 20.6. The van der Waals surface area contributed by atoms with E-state index in [0.717, 1.165) is 32.7 Å². The summed E-state index contributed by atoms with van der Waals surface area (Å²) in [7, 11) is 0. The zero-order valence-corrected chi connectivity index (χ0v) is 28.6. The van der Waals surface area contributed by atoms with Crippen molar-refractivity contribution in [2.45, 2.75) is 0 Å². The van der Waals surface area contributed by atoms with Gasteiger partial charge in [-0.15, -0.1) is 0 Å². The fourth-order valence-corrected chi connectivity index (χ4v) is 7.48. The van der Waals surface area contributed by atoms with Crippen LogP contribution in [-0.2, 0) is 0 Å². The third-order valence-corrected chi connectivity index (χ3v) is 9.99. The van der Waals surface area contributed by atoms with E-state index in [0.29, 0.717) is 51.0 Å². The molecule has 0 aliphatic carbocycles. The van der Waals surface area contributed by atoms with E-state index in [1.165, 1.54) is 12.1 Å². The van der Waals surface area contributed by atoms with E-state index < -0.39 is 0 Å². The summed E-state index contributed by atoms with van der Waals surface area (Å²) >= 11 is 0. The minimum atomic E-state index is -0.180. The molecule has 0 saturated carbocycles. The first-order chi connectivity index (χ1) is 29.2. The van der Waals surface area contributed by atoms with Crippen LogP contribution in [0.2, 0.25) is 0 Å². The van der Waals surface area contributed by atoms with Crippen molar-refractivity contribution in [1.82, 2.24) is 19.5 Å². The van der Waals surface area contributed by atoms with E-state index in [1.54, 1.807) is 4.57 Å². The fourth-order valence-electron chi connectivity index (χ4n) is 7.48. The second-order valence-electron chi connectivity index (χ2n) is 13.1. The molecule has 0 spiro atoms. The molecule has 11 rings (SSSR count). The van der Waals surface area contributed by atoms with Gasteiger partial charge in [0, 0.05) is 49.4 Å². The lowest BCUT2D eigenvalue weighted by Gasteiger charge is -2.16. The van der Waals surface area contributed by atoms with Gasteiger partial charge in [0.2, 0.25) is 0 Å². The molecular weight excluding hydrogens is 661 g/mol. The number of hydrogen-bond acceptors (Lipinski definition) is 4. The van der Waals surface area contributed by atoms with E-state index in [1.807, 2.05) is 109 Å². The minimum absolute atomic E-state index is 0.0468. The van der Waals surface area contributed by atoms with Gasteiger partial charge in [-0.05, 0) is 53.2 Å². The van der Waals surface area contributed by atoms with E-state index >= 15 is 0 Å². The highest BCUT2D eigenvalue weighted by Gasteiger charge is 2.21.